The van der Waals surface area contributed by atoms with Crippen molar-refractivity contribution in [3.63, 3.8) is 0 Å². The zero-order valence-corrected chi connectivity index (χ0v) is 86.8. The summed E-state index contributed by atoms with van der Waals surface area (Å²) in [6.45, 7) is 20.3. The number of likely N-dealkylation sites (N-methyl/N-ethyl adjacent to an activating group) is 1. The van der Waals surface area contributed by atoms with E-state index >= 15 is 0 Å². The molecule has 5 heterocycles. The van der Waals surface area contributed by atoms with E-state index in [4.69, 9.17) is 99.5 Å². The Morgan fingerprint density at radius 3 is 1.85 bits per heavy atom. The topological polar surface area (TPSA) is 503 Å². The molecule has 8 rings (SSSR count). The van der Waals surface area contributed by atoms with E-state index in [1.165, 1.54) is 80.9 Å². The summed E-state index contributed by atoms with van der Waals surface area (Å²) in [7, 11) is 9.48. The molecule has 0 spiro atoms. The number of methoxy groups -OCH3 is 5. The Labute approximate surface area is 842 Å². The van der Waals surface area contributed by atoms with Gasteiger partial charge < -0.3 is 146 Å². The molecule has 1 aromatic rings. The number of likely N-dealkylation sites (tertiary alicyclic amines) is 1. The van der Waals surface area contributed by atoms with Crippen LogP contribution in [0.3, 0.4) is 0 Å². The average Bonchev–Trinajstić information content (AvgIpc) is 1.01. The standard InChI is InChI=1S/C93H139IN6O35S4/c1-15-99(59(6)101)62-23-33-128-73(51-66(62)115-9)134-84-79(109)60(54-129-72-50-63(102)86(58(5)130-72)138-88(112)74-55(2)76(94)82(85(118-12)81(74)116-10)135-89-80(110)83(117-11)78(108)57(4)132-89)56(3)131-90(84)133-65-20-18-16-17-19-26-93(114)53-64(103)77(98-91(113)119-13)75(65)61(93)25-49-137-139-92(7,8)27-21-68(104)95-28-29-96-70(106)24-32-120-35-37-122-39-41-124-43-45-126-47-48-127-46-44-125-42-40-123-38-36-121-34-30-97-69(105)22-31-100-71(107)52-67(136-14)87(100)111/h16-17,25,56-58,60,62-63,65-67,72-73,78-80,83-84,86,89-90,102,108-110,114H,15,21-24,27-54H2,1-14H3,(H,95,104)(H,96,106)(H,97,105)(H,98,113)/b17-16-,61-25+/t56?,57?,58?,60?,62?,63?,65-,66?,67?,72?,73?,78?,79?,80?,83?,84?,86?,89?,90?,93+/m0/s1. The molecule has 7 aliphatic rings. The number of carbonyl (C=O) groups excluding carboxylic acids is 9. The molecule has 20 atom stereocenters. The number of imide groups is 1. The highest BCUT2D eigenvalue weighted by molar-refractivity contribution is 14.1. The van der Waals surface area contributed by atoms with Crippen molar-refractivity contribution >= 4 is 120 Å². The van der Waals surface area contributed by atoms with Gasteiger partial charge in [0.25, 0.3) is 0 Å². The van der Waals surface area contributed by atoms with Crippen LogP contribution in [0, 0.1) is 40.1 Å². The molecule has 46 heteroatoms. The van der Waals surface area contributed by atoms with Crippen LogP contribution >= 0.6 is 67.7 Å². The lowest BCUT2D eigenvalue weighted by atomic mass is 9.75. The third-order valence-corrected chi connectivity index (χ3v) is 30.4. The van der Waals surface area contributed by atoms with Crippen molar-refractivity contribution in [2.45, 2.75) is 232 Å². The van der Waals surface area contributed by atoms with Gasteiger partial charge in [-0.15, -0.1) is 0 Å². The van der Waals surface area contributed by atoms with E-state index in [9.17, 15) is 68.7 Å². The first-order valence-corrected chi connectivity index (χ1v) is 52.0. The van der Waals surface area contributed by atoms with Crippen LogP contribution in [0.15, 0.2) is 35.1 Å². The molecule has 41 nitrogen and oxygen atoms in total. The molecule has 1 aromatic carbocycles. The monoisotopic (exact) mass is 2150 g/mol. The minimum Gasteiger partial charge on any atom is -0.492 e. The van der Waals surface area contributed by atoms with Crippen LogP contribution in [0.4, 0.5) is 4.79 Å². The van der Waals surface area contributed by atoms with Gasteiger partial charge in [0.1, 0.15) is 30.5 Å². The first-order valence-electron chi connectivity index (χ1n) is 46.4. The normalized spacial score (nSPS) is 27.6. The number of thioether (sulfide) groups is 2. The second-order valence-electron chi connectivity index (χ2n) is 33.7. The first-order chi connectivity index (χ1) is 66.7. The molecule has 9 N–H and O–H groups in total. The number of ether oxygens (including phenoxy) is 21. The molecule has 2 bridgehead atoms. The average molecular weight is 2160 g/mol. The van der Waals surface area contributed by atoms with Gasteiger partial charge in [-0.05, 0) is 108 Å². The van der Waals surface area contributed by atoms with Crippen LogP contribution in [-0.4, -0.2) is 406 Å². The summed E-state index contributed by atoms with van der Waals surface area (Å²) in [6.07, 6.45) is -12.3. The number of nitrogens with one attached hydrogen (secondary N) is 4. The van der Waals surface area contributed by atoms with Crippen LogP contribution in [0.2, 0.25) is 0 Å². The van der Waals surface area contributed by atoms with E-state index in [0.29, 0.717) is 128 Å². The van der Waals surface area contributed by atoms with Crippen molar-refractivity contribution < 1.29 is 168 Å². The third kappa shape index (κ3) is 36.2. The summed E-state index contributed by atoms with van der Waals surface area (Å²) >= 11 is 4.14. The highest BCUT2D eigenvalue weighted by Gasteiger charge is 2.53. The highest BCUT2D eigenvalue weighted by Crippen LogP contribution is 2.50. The van der Waals surface area contributed by atoms with E-state index < -0.39 is 143 Å². The van der Waals surface area contributed by atoms with E-state index in [1.807, 2.05) is 43.4 Å². The van der Waals surface area contributed by atoms with Crippen LogP contribution in [-0.2, 0) is 119 Å². The van der Waals surface area contributed by atoms with Gasteiger partial charge in [0.15, 0.2) is 41.8 Å². The fourth-order valence-corrected chi connectivity index (χ4v) is 20.9. The van der Waals surface area contributed by atoms with Crippen molar-refractivity contribution in [2.24, 2.45) is 5.92 Å². The summed E-state index contributed by atoms with van der Waals surface area (Å²) < 4.78 is 124. The second-order valence-corrected chi connectivity index (χ2v) is 40.0. The summed E-state index contributed by atoms with van der Waals surface area (Å²) in [5.74, 6) is 8.70. The number of amides is 7. The quantitative estimate of drug-likeness (QED) is 0.0148. The number of carbonyl (C=O) groups is 9. The Kier molecular flexibility index (Phi) is 52.1. The zero-order valence-electron chi connectivity index (χ0n) is 81.4. The summed E-state index contributed by atoms with van der Waals surface area (Å²) in [5, 5.41) is 68.7. The summed E-state index contributed by atoms with van der Waals surface area (Å²) in [6, 6.07) is -0.439. The fraction of sp³-hybridized carbons (Fsp3) is 0.731. The molecule has 0 aromatic heterocycles. The van der Waals surface area contributed by atoms with Gasteiger partial charge in [-0.3, -0.25) is 48.6 Å². The van der Waals surface area contributed by atoms with Crippen molar-refractivity contribution in [3.05, 3.63) is 49.8 Å². The molecule has 18 unspecified atom stereocenters. The Bertz CT molecular complexity index is 4360. The number of hydrogen-bond acceptors (Lipinski definition) is 39. The summed E-state index contributed by atoms with van der Waals surface area (Å²) in [5.41, 5.74) is -2.11. The van der Waals surface area contributed by atoms with E-state index in [1.54, 1.807) is 44.9 Å². The smallest absolute Gasteiger partial charge is 0.411 e. The molecule has 782 valence electrons. The number of ketones is 1. The number of fused-ring (bicyclic) bond motifs is 2. The number of benzene rings is 1. The summed E-state index contributed by atoms with van der Waals surface area (Å²) in [4.78, 5) is 121. The van der Waals surface area contributed by atoms with Gasteiger partial charge in [0.2, 0.25) is 52.6 Å². The number of aliphatic hydroxyl groups is 5. The number of rotatable bonds is 59. The SMILES string of the molecule is CCN(C(C)=O)C1CCOC(OC2C(O[C@H]3C#C/C=C\C#C[C@@]4(O)CC(=O)C(NC(=O)OC)=C3/C4=C\CSSC(C)(C)CCC(=O)NCCNC(=O)CCOCCOCCOCCOCCOCCOCCOCCOCCNC(=O)CCN3C(=O)CC(SC)C3=O)OC(C)C(COC3CC(O)C(SC(=O)c4c(C)c(I)c(OC5OC(C)C(O)C(OC)C5O)c(OC)c4OC)C(C)O3)C2O)CC1OC. The van der Waals surface area contributed by atoms with Crippen LogP contribution < -0.4 is 35.5 Å². The lowest BCUT2D eigenvalue weighted by Gasteiger charge is -2.46. The number of allylic oxidation sites excluding steroid dienone is 3. The lowest BCUT2D eigenvalue weighted by Crippen LogP contribution is -2.59. The highest BCUT2D eigenvalue weighted by atomic mass is 127. The molecule has 5 aliphatic heterocycles. The van der Waals surface area contributed by atoms with Gasteiger partial charge >= 0.3 is 6.09 Å². The third-order valence-electron chi connectivity index (χ3n) is 23.6. The van der Waals surface area contributed by atoms with Crippen LogP contribution in [0.25, 0.3) is 0 Å². The maximum absolute atomic E-state index is 14.7. The Morgan fingerprint density at radius 1 is 0.683 bits per heavy atom. The molecule has 0 saturated carbocycles. The van der Waals surface area contributed by atoms with Gasteiger partial charge in [0, 0.05) is 120 Å². The largest absolute Gasteiger partial charge is 0.492 e. The number of nitrogens with zero attached hydrogens (tertiary/aromatic N) is 2. The molecule has 7 amide bonds. The Morgan fingerprint density at radius 2 is 1.27 bits per heavy atom. The van der Waals surface area contributed by atoms with Crippen molar-refractivity contribution in [2.75, 3.05) is 199 Å². The predicted octanol–water partition coefficient (Wildman–Crippen LogP) is 3.62. The van der Waals surface area contributed by atoms with E-state index in [0.717, 1.165) is 23.8 Å². The minimum absolute atomic E-state index is 0.00194. The molecule has 2 aliphatic carbocycles. The number of Topliss-reactive ketones (excluding diaryl/α,β-unsaturated/α-hetero) is 1. The van der Waals surface area contributed by atoms with Crippen molar-refractivity contribution in [1.29, 1.82) is 0 Å². The number of alkyl carbamates (subject to hydrolysis) is 1. The van der Waals surface area contributed by atoms with Gasteiger partial charge in [-0.25, -0.2) is 4.79 Å². The Balaban J connectivity index is 0.769. The van der Waals surface area contributed by atoms with Crippen LogP contribution in [0.1, 0.15) is 122 Å². The lowest BCUT2D eigenvalue weighted by molar-refractivity contribution is -0.331. The van der Waals surface area contributed by atoms with Gasteiger partial charge in [-0.2, -0.15) is 11.8 Å². The first kappa shape index (κ1) is 118. The zero-order chi connectivity index (χ0) is 101. The van der Waals surface area contributed by atoms with Gasteiger partial charge in [-0.1, -0.05) is 63.1 Å². The molecular weight excluding hydrogens is 2020 g/mol. The predicted molar refractivity (Wildman–Crippen MR) is 518 cm³/mol. The second kappa shape index (κ2) is 61.3. The maximum atomic E-state index is 14.7. The minimum atomic E-state index is -2.22. The molecule has 5 saturated heterocycles. The van der Waals surface area contributed by atoms with E-state index in [-0.39, 0.29) is 171 Å². The molecular formula is C93H139IN6O35S4. The van der Waals surface area contributed by atoms with Crippen molar-refractivity contribution in [1.82, 2.24) is 31.1 Å². The number of hydrogen-bond donors (Lipinski definition) is 9. The van der Waals surface area contributed by atoms with E-state index in [2.05, 4.69) is 44.9 Å². The molecule has 139 heavy (non-hydrogen) atoms. The maximum Gasteiger partial charge on any atom is 0.411 e. The molecule has 5 fully saturated rings. The number of halogens is 1. The molecule has 0 radical (unpaired) electrons. The fourth-order valence-electron chi connectivity index (χ4n) is 16.1. The number of aliphatic hydroxyl groups excluding tert-OH is 4. The van der Waals surface area contributed by atoms with Crippen LogP contribution in [0.5, 0.6) is 17.2 Å². The van der Waals surface area contributed by atoms with Gasteiger partial charge in [0.05, 0.1) is 215 Å². The Hall–Kier alpha value is -6.16. The van der Waals surface area contributed by atoms with Crippen molar-refractivity contribution in [3.8, 4) is 40.9 Å².